The van der Waals surface area contributed by atoms with Gasteiger partial charge < -0.3 is 10.4 Å². The molecule has 112 valence electrons. The number of amides is 1. The molecule has 0 aromatic carbocycles. The maximum atomic E-state index is 12.4. The van der Waals surface area contributed by atoms with E-state index in [2.05, 4.69) is 10.3 Å². The Balaban J connectivity index is 2.51. The Morgan fingerprint density at radius 1 is 1.38 bits per heavy atom. The van der Waals surface area contributed by atoms with Crippen LogP contribution in [0.1, 0.15) is 34.8 Å². The van der Waals surface area contributed by atoms with Gasteiger partial charge in [0.25, 0.3) is 11.5 Å². The first-order valence-corrected chi connectivity index (χ1v) is 7.00. The van der Waals surface area contributed by atoms with Crippen LogP contribution in [-0.4, -0.2) is 31.9 Å². The SMILES string of the molecule is Cc1sc2ncc(C(=O)NC(C)(C)C(=O)O)c(=O)n2c1C. The van der Waals surface area contributed by atoms with E-state index in [4.69, 9.17) is 5.11 Å². The van der Waals surface area contributed by atoms with Crippen molar-refractivity contribution in [1.29, 1.82) is 0 Å². The zero-order valence-corrected chi connectivity index (χ0v) is 12.9. The van der Waals surface area contributed by atoms with Gasteiger partial charge in [-0.2, -0.15) is 0 Å². The number of carboxylic acid groups (broad SMARTS) is 1. The van der Waals surface area contributed by atoms with Gasteiger partial charge in [-0.3, -0.25) is 14.0 Å². The van der Waals surface area contributed by atoms with Crippen LogP contribution < -0.4 is 10.9 Å². The minimum Gasteiger partial charge on any atom is -0.480 e. The lowest BCUT2D eigenvalue weighted by atomic mass is 10.1. The summed E-state index contributed by atoms with van der Waals surface area (Å²) in [5.41, 5.74) is -1.43. The van der Waals surface area contributed by atoms with Crippen molar-refractivity contribution in [2.24, 2.45) is 0 Å². The third-order valence-corrected chi connectivity index (χ3v) is 4.30. The lowest BCUT2D eigenvalue weighted by molar-refractivity contribution is -0.143. The molecule has 0 spiro atoms. The molecule has 0 fully saturated rings. The van der Waals surface area contributed by atoms with Crippen LogP contribution in [0, 0.1) is 13.8 Å². The standard InChI is InChI=1S/C13H15N3O4S/c1-6-7(2)21-12-14-5-8(10(18)16(6)12)9(17)15-13(3,4)11(19)20/h5H,1-4H3,(H,15,17)(H,19,20). The van der Waals surface area contributed by atoms with Crippen LogP contribution in [-0.2, 0) is 4.79 Å². The second-order valence-electron chi connectivity index (χ2n) is 5.22. The number of carbonyl (C=O) groups excluding carboxylic acids is 1. The van der Waals surface area contributed by atoms with Crippen LogP contribution >= 0.6 is 11.3 Å². The molecule has 7 nitrogen and oxygen atoms in total. The molecule has 0 saturated heterocycles. The molecule has 21 heavy (non-hydrogen) atoms. The Labute approximate surface area is 124 Å². The first-order valence-electron chi connectivity index (χ1n) is 6.19. The molecular weight excluding hydrogens is 294 g/mol. The third kappa shape index (κ3) is 2.54. The number of nitrogens with one attached hydrogen (secondary N) is 1. The molecule has 0 aliphatic rings. The van der Waals surface area contributed by atoms with Crippen LogP contribution in [0.4, 0.5) is 0 Å². The quantitative estimate of drug-likeness (QED) is 0.879. The molecule has 2 rings (SSSR count). The fourth-order valence-electron chi connectivity index (χ4n) is 1.74. The van der Waals surface area contributed by atoms with Crippen LogP contribution in [0.15, 0.2) is 11.0 Å². The van der Waals surface area contributed by atoms with Crippen molar-refractivity contribution in [3.05, 3.63) is 32.7 Å². The Morgan fingerprint density at radius 3 is 2.57 bits per heavy atom. The van der Waals surface area contributed by atoms with E-state index in [1.54, 1.807) is 6.92 Å². The molecule has 2 N–H and O–H groups in total. The highest BCUT2D eigenvalue weighted by Crippen LogP contribution is 2.18. The highest BCUT2D eigenvalue weighted by Gasteiger charge is 2.30. The molecule has 0 aliphatic carbocycles. The number of aliphatic carboxylic acids is 1. The highest BCUT2D eigenvalue weighted by atomic mass is 32.1. The first kappa shape index (κ1) is 15.2. The van der Waals surface area contributed by atoms with Crippen molar-refractivity contribution in [1.82, 2.24) is 14.7 Å². The largest absolute Gasteiger partial charge is 0.480 e. The number of aromatic nitrogens is 2. The van der Waals surface area contributed by atoms with Gasteiger partial charge in [-0.05, 0) is 27.7 Å². The molecule has 0 saturated carbocycles. The van der Waals surface area contributed by atoms with Crippen molar-refractivity contribution in [3.8, 4) is 0 Å². The fraction of sp³-hybridized carbons (Fsp3) is 0.385. The molecule has 8 heteroatoms. The molecular formula is C13H15N3O4S. The number of rotatable bonds is 3. The molecule has 0 atom stereocenters. The lowest BCUT2D eigenvalue weighted by Crippen LogP contribution is -2.50. The summed E-state index contributed by atoms with van der Waals surface area (Å²) in [6, 6.07) is 0. The third-order valence-electron chi connectivity index (χ3n) is 3.22. The number of fused-ring (bicyclic) bond motifs is 1. The van der Waals surface area contributed by atoms with Gasteiger partial charge in [0.2, 0.25) is 0 Å². The van der Waals surface area contributed by atoms with Gasteiger partial charge in [-0.1, -0.05) is 0 Å². The number of thiazole rings is 1. The Hall–Kier alpha value is -2.22. The molecule has 0 radical (unpaired) electrons. The normalized spacial score (nSPS) is 11.6. The molecule has 1 amide bonds. The Kier molecular flexibility index (Phi) is 3.58. The van der Waals surface area contributed by atoms with Gasteiger partial charge in [0.1, 0.15) is 11.1 Å². The zero-order valence-electron chi connectivity index (χ0n) is 12.1. The molecule has 2 heterocycles. The van der Waals surface area contributed by atoms with E-state index < -0.39 is 23.0 Å². The van der Waals surface area contributed by atoms with E-state index >= 15 is 0 Å². The van der Waals surface area contributed by atoms with E-state index in [1.807, 2.05) is 6.92 Å². The highest BCUT2D eigenvalue weighted by molar-refractivity contribution is 7.17. The maximum absolute atomic E-state index is 12.4. The number of carbonyl (C=O) groups is 2. The number of hydrogen-bond acceptors (Lipinski definition) is 5. The number of nitrogens with zero attached hydrogens (tertiary/aromatic N) is 2. The van der Waals surface area contributed by atoms with Crippen molar-refractivity contribution >= 4 is 28.2 Å². The van der Waals surface area contributed by atoms with E-state index in [9.17, 15) is 14.4 Å². The zero-order chi connectivity index (χ0) is 15.9. The summed E-state index contributed by atoms with van der Waals surface area (Å²) in [5.74, 6) is -1.94. The van der Waals surface area contributed by atoms with E-state index in [-0.39, 0.29) is 5.56 Å². The summed E-state index contributed by atoms with van der Waals surface area (Å²) in [6.45, 7) is 6.32. The van der Waals surface area contributed by atoms with Crippen LogP contribution in [0.2, 0.25) is 0 Å². The minimum atomic E-state index is -1.47. The summed E-state index contributed by atoms with van der Waals surface area (Å²) in [5, 5.41) is 11.3. The predicted octanol–water partition coefficient (Wildman–Crippen LogP) is 0.966. The van der Waals surface area contributed by atoms with Gasteiger partial charge in [0.05, 0.1) is 0 Å². The fourth-order valence-corrected chi connectivity index (χ4v) is 2.67. The van der Waals surface area contributed by atoms with Crippen LogP contribution in [0.5, 0.6) is 0 Å². The van der Waals surface area contributed by atoms with Gasteiger partial charge in [0.15, 0.2) is 4.96 Å². The number of carboxylic acids is 1. The average Bonchev–Trinajstić information content (AvgIpc) is 2.65. The summed E-state index contributed by atoms with van der Waals surface area (Å²) in [7, 11) is 0. The summed E-state index contributed by atoms with van der Waals surface area (Å²) >= 11 is 1.36. The van der Waals surface area contributed by atoms with Crippen molar-refractivity contribution in [2.75, 3.05) is 0 Å². The van der Waals surface area contributed by atoms with Gasteiger partial charge in [-0.15, -0.1) is 11.3 Å². The van der Waals surface area contributed by atoms with Crippen LogP contribution in [0.3, 0.4) is 0 Å². The number of aryl methyl sites for hydroxylation is 2. The predicted molar refractivity (Wildman–Crippen MR) is 78.0 cm³/mol. The Bertz CT molecular complexity index is 804. The monoisotopic (exact) mass is 309 g/mol. The molecule has 2 aromatic rings. The summed E-state index contributed by atoms with van der Waals surface area (Å²) in [6.07, 6.45) is 1.18. The first-order chi connectivity index (χ1) is 9.65. The molecule has 0 aliphatic heterocycles. The molecule has 0 unspecified atom stereocenters. The van der Waals surface area contributed by atoms with E-state index in [1.165, 1.54) is 35.8 Å². The second-order valence-corrected chi connectivity index (χ2v) is 6.40. The topological polar surface area (TPSA) is 101 Å². The van der Waals surface area contributed by atoms with Gasteiger partial charge >= 0.3 is 5.97 Å². The van der Waals surface area contributed by atoms with Gasteiger partial charge in [0, 0.05) is 16.8 Å². The molecule has 2 aromatic heterocycles. The van der Waals surface area contributed by atoms with Crippen molar-refractivity contribution < 1.29 is 14.7 Å². The smallest absolute Gasteiger partial charge is 0.328 e. The van der Waals surface area contributed by atoms with Crippen LogP contribution in [0.25, 0.3) is 4.96 Å². The van der Waals surface area contributed by atoms with E-state index in [0.717, 1.165) is 10.6 Å². The minimum absolute atomic E-state index is 0.178. The maximum Gasteiger partial charge on any atom is 0.328 e. The van der Waals surface area contributed by atoms with Crippen molar-refractivity contribution in [2.45, 2.75) is 33.2 Å². The van der Waals surface area contributed by atoms with E-state index in [0.29, 0.717) is 4.96 Å². The second kappa shape index (κ2) is 4.96. The average molecular weight is 309 g/mol. The summed E-state index contributed by atoms with van der Waals surface area (Å²) < 4.78 is 1.36. The van der Waals surface area contributed by atoms with Crippen molar-refractivity contribution in [3.63, 3.8) is 0 Å². The number of hydrogen-bond donors (Lipinski definition) is 2. The van der Waals surface area contributed by atoms with Gasteiger partial charge in [-0.25, -0.2) is 9.78 Å². The molecule has 0 bridgehead atoms. The Morgan fingerprint density at radius 2 is 2.00 bits per heavy atom. The lowest BCUT2D eigenvalue weighted by Gasteiger charge is -2.20. The summed E-state index contributed by atoms with van der Waals surface area (Å²) in [4.78, 5) is 41.1.